The van der Waals surface area contributed by atoms with Crippen LogP contribution in [0, 0.1) is 0 Å². The highest BCUT2D eigenvalue weighted by Crippen LogP contribution is 2.18. The van der Waals surface area contributed by atoms with E-state index in [1.165, 1.54) is 25.7 Å². The van der Waals surface area contributed by atoms with Crippen molar-refractivity contribution in [1.29, 1.82) is 0 Å². The van der Waals surface area contributed by atoms with Crippen molar-refractivity contribution in [3.8, 4) is 0 Å². The molecule has 1 aromatic rings. The first-order valence-corrected chi connectivity index (χ1v) is 7.71. The molecule has 0 heterocycles. The highest BCUT2D eigenvalue weighted by atomic mass is 35.5. The molecule has 0 aromatic heterocycles. The Morgan fingerprint density at radius 2 is 1.55 bits per heavy atom. The second-order valence-corrected chi connectivity index (χ2v) is 5.51. The molecule has 0 spiro atoms. The van der Waals surface area contributed by atoms with Gasteiger partial charge in [-0.3, -0.25) is 0 Å². The molecule has 0 aliphatic rings. The van der Waals surface area contributed by atoms with Crippen molar-refractivity contribution in [3.63, 3.8) is 0 Å². The van der Waals surface area contributed by atoms with E-state index in [4.69, 9.17) is 11.6 Å². The van der Waals surface area contributed by atoms with E-state index in [9.17, 15) is 5.11 Å². The summed E-state index contributed by atoms with van der Waals surface area (Å²) < 4.78 is 0. The predicted molar refractivity (Wildman–Crippen MR) is 89.9 cm³/mol. The number of benzene rings is 1. The van der Waals surface area contributed by atoms with Gasteiger partial charge in [0.15, 0.2) is 0 Å². The number of aliphatic hydroxyl groups excluding tert-OH is 1. The average molecular weight is 320 g/mol. The number of rotatable bonds is 9. The van der Waals surface area contributed by atoms with Gasteiger partial charge >= 0.3 is 0 Å². The van der Waals surface area contributed by atoms with E-state index in [-0.39, 0.29) is 12.4 Å². The summed E-state index contributed by atoms with van der Waals surface area (Å²) in [7, 11) is 0. The Bertz CT molecular complexity index is 335. The van der Waals surface area contributed by atoms with Gasteiger partial charge in [0.1, 0.15) is 0 Å². The van der Waals surface area contributed by atoms with Crippen LogP contribution in [0.4, 0.5) is 0 Å². The summed E-state index contributed by atoms with van der Waals surface area (Å²) in [6.07, 6.45) is 4.35. The summed E-state index contributed by atoms with van der Waals surface area (Å²) in [5.41, 5.74) is 0.947. The van der Waals surface area contributed by atoms with Crippen LogP contribution in [0.5, 0.6) is 0 Å². The molecule has 0 fully saturated rings. The highest BCUT2D eigenvalue weighted by Gasteiger charge is 2.12. The Balaban J connectivity index is 0.00000361. The van der Waals surface area contributed by atoms with E-state index in [2.05, 4.69) is 18.7 Å². The van der Waals surface area contributed by atoms with E-state index in [0.717, 1.165) is 18.7 Å². The van der Waals surface area contributed by atoms with Crippen molar-refractivity contribution in [3.05, 3.63) is 34.9 Å². The molecule has 4 heteroatoms. The third kappa shape index (κ3) is 7.49. The van der Waals surface area contributed by atoms with Crippen LogP contribution < -0.4 is 0 Å². The number of nitrogens with zero attached hydrogens (tertiary/aromatic N) is 1. The lowest BCUT2D eigenvalue weighted by molar-refractivity contribution is 0.111. The molecule has 0 aliphatic heterocycles. The molecule has 20 heavy (non-hydrogen) atoms. The normalized spacial score (nSPS) is 12.2. The summed E-state index contributed by atoms with van der Waals surface area (Å²) in [6.45, 7) is 7.26. The van der Waals surface area contributed by atoms with Crippen molar-refractivity contribution in [1.82, 2.24) is 4.90 Å². The molecule has 1 unspecified atom stereocenters. The fourth-order valence-electron chi connectivity index (χ4n) is 2.09. The lowest BCUT2D eigenvalue weighted by atomic mass is 10.1. The number of unbranched alkanes of at least 4 members (excludes halogenated alkanes) is 2. The van der Waals surface area contributed by atoms with Gasteiger partial charge in [-0.2, -0.15) is 0 Å². The van der Waals surface area contributed by atoms with E-state index < -0.39 is 6.10 Å². The van der Waals surface area contributed by atoms with Crippen LogP contribution in [0.25, 0.3) is 0 Å². The van der Waals surface area contributed by atoms with Crippen LogP contribution in [0.15, 0.2) is 24.3 Å². The second-order valence-electron chi connectivity index (χ2n) is 5.08. The molecule has 0 bridgehead atoms. The Hall–Kier alpha value is -0.280. The van der Waals surface area contributed by atoms with Gasteiger partial charge in [-0.25, -0.2) is 0 Å². The molecule has 0 amide bonds. The molecule has 0 saturated heterocycles. The number of hydrogen-bond acceptors (Lipinski definition) is 2. The fraction of sp³-hybridized carbons (Fsp3) is 0.625. The zero-order chi connectivity index (χ0) is 14.1. The number of hydrogen-bond donors (Lipinski definition) is 1. The molecule has 2 nitrogen and oxygen atoms in total. The van der Waals surface area contributed by atoms with Gasteiger partial charge in [-0.1, -0.05) is 50.4 Å². The van der Waals surface area contributed by atoms with Crippen LogP contribution >= 0.6 is 24.0 Å². The van der Waals surface area contributed by atoms with Crippen molar-refractivity contribution in [2.75, 3.05) is 19.6 Å². The summed E-state index contributed by atoms with van der Waals surface area (Å²) >= 11 is 5.87. The Morgan fingerprint density at radius 1 is 1.05 bits per heavy atom. The van der Waals surface area contributed by atoms with Crippen LogP contribution in [0.1, 0.15) is 51.2 Å². The topological polar surface area (TPSA) is 23.5 Å². The van der Waals surface area contributed by atoms with Crippen molar-refractivity contribution >= 4 is 24.0 Å². The van der Waals surface area contributed by atoms with Crippen molar-refractivity contribution in [2.24, 2.45) is 0 Å². The second kappa shape index (κ2) is 11.4. The molecule has 0 aliphatic carbocycles. The summed E-state index contributed by atoms with van der Waals surface area (Å²) in [5.74, 6) is 0. The summed E-state index contributed by atoms with van der Waals surface area (Å²) in [5, 5.41) is 11.0. The zero-order valence-electron chi connectivity index (χ0n) is 12.5. The molecule has 0 radical (unpaired) electrons. The first-order chi connectivity index (χ1) is 9.17. The molecule has 1 N–H and O–H groups in total. The highest BCUT2D eigenvalue weighted by molar-refractivity contribution is 6.30. The SMILES string of the molecule is CCCCN(CCCC)CC(O)c1ccc(Cl)cc1.Cl. The monoisotopic (exact) mass is 319 g/mol. The first-order valence-electron chi connectivity index (χ1n) is 7.33. The average Bonchev–Trinajstić information content (AvgIpc) is 2.42. The zero-order valence-corrected chi connectivity index (χ0v) is 14.1. The van der Waals surface area contributed by atoms with Crippen LogP contribution in [-0.4, -0.2) is 29.6 Å². The van der Waals surface area contributed by atoms with Crippen molar-refractivity contribution < 1.29 is 5.11 Å². The van der Waals surface area contributed by atoms with Gasteiger partial charge in [0.2, 0.25) is 0 Å². The van der Waals surface area contributed by atoms with Crippen LogP contribution in [0.2, 0.25) is 5.02 Å². The van der Waals surface area contributed by atoms with Gasteiger partial charge in [0.05, 0.1) is 6.10 Å². The van der Waals surface area contributed by atoms with E-state index in [1.54, 1.807) is 0 Å². The molecule has 116 valence electrons. The third-order valence-electron chi connectivity index (χ3n) is 3.34. The minimum absolute atomic E-state index is 0. The van der Waals surface area contributed by atoms with E-state index >= 15 is 0 Å². The van der Waals surface area contributed by atoms with Crippen molar-refractivity contribution in [2.45, 2.75) is 45.6 Å². The predicted octanol–water partition coefficient (Wildman–Crippen LogP) is 4.70. The van der Waals surface area contributed by atoms with Crippen LogP contribution in [-0.2, 0) is 0 Å². The lowest BCUT2D eigenvalue weighted by Gasteiger charge is -2.25. The van der Waals surface area contributed by atoms with Gasteiger partial charge in [0, 0.05) is 11.6 Å². The van der Waals surface area contributed by atoms with Gasteiger partial charge in [-0.05, 0) is 43.6 Å². The molecule has 1 aromatic carbocycles. The minimum Gasteiger partial charge on any atom is -0.387 e. The standard InChI is InChI=1S/C16H26ClNO.ClH/c1-3-5-11-18(12-6-4-2)13-16(19)14-7-9-15(17)10-8-14;/h7-10,16,19H,3-6,11-13H2,1-2H3;1H. The van der Waals surface area contributed by atoms with Gasteiger partial charge < -0.3 is 10.0 Å². The Morgan fingerprint density at radius 3 is 2.00 bits per heavy atom. The number of aliphatic hydroxyl groups is 1. The van der Waals surface area contributed by atoms with Gasteiger partial charge in [-0.15, -0.1) is 12.4 Å². The van der Waals surface area contributed by atoms with Crippen LogP contribution in [0.3, 0.4) is 0 Å². The summed E-state index contributed by atoms with van der Waals surface area (Å²) in [4.78, 5) is 2.37. The molecular formula is C16H27Cl2NO. The molecule has 1 atom stereocenters. The largest absolute Gasteiger partial charge is 0.387 e. The molecular weight excluding hydrogens is 293 g/mol. The van der Waals surface area contributed by atoms with E-state index in [1.807, 2.05) is 24.3 Å². The Labute approximate surface area is 134 Å². The molecule has 0 saturated carbocycles. The maximum atomic E-state index is 10.3. The van der Waals surface area contributed by atoms with Gasteiger partial charge in [0.25, 0.3) is 0 Å². The maximum Gasteiger partial charge on any atom is 0.0916 e. The minimum atomic E-state index is -0.425. The molecule has 1 rings (SSSR count). The maximum absolute atomic E-state index is 10.3. The quantitative estimate of drug-likeness (QED) is 0.713. The van der Waals surface area contributed by atoms with E-state index in [0.29, 0.717) is 11.6 Å². The smallest absolute Gasteiger partial charge is 0.0916 e. The first kappa shape index (κ1) is 19.7. The lowest BCUT2D eigenvalue weighted by Crippen LogP contribution is -2.30. The Kier molecular flexibility index (Phi) is 11.2. The number of halogens is 2. The summed E-state index contributed by atoms with van der Waals surface area (Å²) in [6, 6.07) is 7.49. The fourth-order valence-corrected chi connectivity index (χ4v) is 2.22. The third-order valence-corrected chi connectivity index (χ3v) is 3.59.